The predicted molar refractivity (Wildman–Crippen MR) is 130 cm³/mol. The van der Waals surface area contributed by atoms with E-state index in [1.807, 2.05) is 51.3 Å². The van der Waals surface area contributed by atoms with Crippen molar-refractivity contribution in [2.45, 2.75) is 26.8 Å². The van der Waals surface area contributed by atoms with Crippen LogP contribution >= 0.6 is 11.6 Å². The average molecular weight is 451 g/mol. The summed E-state index contributed by atoms with van der Waals surface area (Å²) in [6.45, 7) is 11.2. The maximum atomic E-state index is 12.7. The quantitative estimate of drug-likeness (QED) is 0.374. The zero-order chi connectivity index (χ0) is 23.1. The lowest BCUT2D eigenvalue weighted by molar-refractivity contribution is 0.0950. The summed E-state index contributed by atoms with van der Waals surface area (Å²) in [4.78, 5) is 21.9. The number of aromatic nitrogens is 4. The van der Waals surface area contributed by atoms with Crippen molar-refractivity contribution >= 4 is 28.7 Å². The Kier molecular flexibility index (Phi) is 7.92. The van der Waals surface area contributed by atoms with Gasteiger partial charge in [0.25, 0.3) is 5.91 Å². The van der Waals surface area contributed by atoms with Crippen LogP contribution in [0.15, 0.2) is 61.5 Å². The van der Waals surface area contributed by atoms with Gasteiger partial charge in [0.2, 0.25) is 0 Å². The van der Waals surface area contributed by atoms with Gasteiger partial charge in [0.15, 0.2) is 5.65 Å². The van der Waals surface area contributed by atoms with E-state index in [1.165, 1.54) is 0 Å². The molecule has 1 unspecified atom stereocenters. The number of allylic oxidation sites excluding steroid dienone is 5. The SMILES string of the molecule is C=C/C(=C\C=C/C)c1ccn2ncc(-c3cc(C(=O)NCC(C)NCC)cc(Cl)n3)c2n1. The molecule has 0 radical (unpaired) electrons. The van der Waals surface area contributed by atoms with Gasteiger partial charge in [-0.25, -0.2) is 14.5 Å². The van der Waals surface area contributed by atoms with Crippen molar-refractivity contribution in [2.75, 3.05) is 13.1 Å². The molecule has 8 heteroatoms. The first-order valence-electron chi connectivity index (χ1n) is 10.5. The van der Waals surface area contributed by atoms with E-state index in [0.717, 1.165) is 17.8 Å². The zero-order valence-electron chi connectivity index (χ0n) is 18.5. The van der Waals surface area contributed by atoms with E-state index in [1.54, 1.807) is 28.9 Å². The third-order valence-corrected chi connectivity index (χ3v) is 5.00. The molecule has 1 amide bonds. The standard InChI is InChI=1S/C24H27ClN6O/c1-5-8-9-17(6-2)20-10-11-31-23(30-20)19(15-28-31)21-12-18(13-22(25)29-21)24(32)27-14-16(4)26-7-3/h5-6,8-13,15-16,26H,2,7,14H2,1,3-4H3,(H,27,32)/b8-5-,17-9+. The predicted octanol–water partition coefficient (Wildman–Crippen LogP) is 4.32. The molecule has 0 aliphatic heterocycles. The molecule has 0 aliphatic carbocycles. The Labute approximate surface area is 192 Å². The number of carbonyl (C=O) groups excluding carboxylic acids is 1. The molecule has 3 aromatic rings. The van der Waals surface area contributed by atoms with Crippen LogP contribution < -0.4 is 10.6 Å². The van der Waals surface area contributed by atoms with Gasteiger partial charge in [-0.3, -0.25) is 4.79 Å². The molecular formula is C24H27ClN6O. The molecule has 7 nitrogen and oxygen atoms in total. The highest BCUT2D eigenvalue weighted by atomic mass is 35.5. The molecule has 32 heavy (non-hydrogen) atoms. The summed E-state index contributed by atoms with van der Waals surface area (Å²) in [7, 11) is 0. The van der Waals surface area contributed by atoms with Gasteiger partial charge in [0, 0.05) is 24.3 Å². The van der Waals surface area contributed by atoms with Crippen LogP contribution in [0.5, 0.6) is 0 Å². The maximum Gasteiger partial charge on any atom is 0.251 e. The Morgan fingerprint density at radius 1 is 1.34 bits per heavy atom. The maximum absolute atomic E-state index is 12.7. The number of nitrogens with one attached hydrogen (secondary N) is 2. The molecule has 2 N–H and O–H groups in total. The van der Waals surface area contributed by atoms with Gasteiger partial charge >= 0.3 is 0 Å². The Morgan fingerprint density at radius 3 is 2.88 bits per heavy atom. The second kappa shape index (κ2) is 10.8. The van der Waals surface area contributed by atoms with Gasteiger partial charge < -0.3 is 10.6 Å². The van der Waals surface area contributed by atoms with Gasteiger partial charge in [-0.05, 0) is 44.2 Å². The number of nitrogens with zero attached hydrogens (tertiary/aromatic N) is 4. The highest BCUT2D eigenvalue weighted by Gasteiger charge is 2.16. The minimum Gasteiger partial charge on any atom is -0.350 e. The van der Waals surface area contributed by atoms with E-state index in [4.69, 9.17) is 16.6 Å². The second-order valence-corrected chi connectivity index (χ2v) is 7.61. The minimum atomic E-state index is -0.214. The molecule has 0 saturated carbocycles. The fourth-order valence-corrected chi connectivity index (χ4v) is 3.41. The molecular weight excluding hydrogens is 424 g/mol. The van der Waals surface area contributed by atoms with Gasteiger partial charge in [-0.1, -0.05) is 49.4 Å². The Balaban J connectivity index is 1.97. The van der Waals surface area contributed by atoms with E-state index >= 15 is 0 Å². The van der Waals surface area contributed by atoms with Gasteiger partial charge in [-0.15, -0.1) is 0 Å². The third kappa shape index (κ3) is 5.49. The van der Waals surface area contributed by atoms with Crippen LogP contribution in [0, 0.1) is 0 Å². The van der Waals surface area contributed by atoms with E-state index < -0.39 is 0 Å². The molecule has 0 saturated heterocycles. The number of hydrogen-bond acceptors (Lipinski definition) is 5. The summed E-state index contributed by atoms with van der Waals surface area (Å²) in [5, 5.41) is 10.8. The molecule has 0 bridgehead atoms. The highest BCUT2D eigenvalue weighted by Crippen LogP contribution is 2.26. The number of likely N-dealkylation sites (N-methyl/N-ethyl adjacent to an activating group) is 1. The largest absolute Gasteiger partial charge is 0.350 e. The number of fused-ring (bicyclic) bond motifs is 1. The highest BCUT2D eigenvalue weighted by molar-refractivity contribution is 6.30. The Bertz CT molecular complexity index is 1180. The first-order valence-corrected chi connectivity index (χ1v) is 10.8. The van der Waals surface area contributed by atoms with Crippen molar-refractivity contribution in [1.82, 2.24) is 30.2 Å². The lowest BCUT2D eigenvalue weighted by Crippen LogP contribution is -2.38. The smallest absolute Gasteiger partial charge is 0.251 e. The van der Waals surface area contributed by atoms with Crippen LogP contribution in [0.25, 0.3) is 22.5 Å². The second-order valence-electron chi connectivity index (χ2n) is 7.22. The first-order chi connectivity index (χ1) is 15.5. The normalized spacial score (nSPS) is 12.9. The summed E-state index contributed by atoms with van der Waals surface area (Å²) in [6, 6.07) is 5.29. The van der Waals surface area contributed by atoms with E-state index in [-0.39, 0.29) is 17.1 Å². The van der Waals surface area contributed by atoms with Crippen molar-refractivity contribution in [1.29, 1.82) is 0 Å². The van der Waals surface area contributed by atoms with Gasteiger partial charge in [-0.2, -0.15) is 5.10 Å². The number of rotatable bonds is 9. The zero-order valence-corrected chi connectivity index (χ0v) is 19.2. The molecule has 0 aromatic carbocycles. The third-order valence-electron chi connectivity index (χ3n) is 4.81. The lowest BCUT2D eigenvalue weighted by Gasteiger charge is -2.13. The number of halogens is 1. The van der Waals surface area contributed by atoms with Gasteiger partial charge in [0.1, 0.15) is 5.15 Å². The fourth-order valence-electron chi connectivity index (χ4n) is 3.20. The van der Waals surface area contributed by atoms with Crippen LogP contribution in [0.3, 0.4) is 0 Å². The average Bonchev–Trinajstić information content (AvgIpc) is 3.21. The topological polar surface area (TPSA) is 84.2 Å². The molecule has 3 aromatic heterocycles. The van der Waals surface area contributed by atoms with Crippen molar-refractivity contribution in [2.24, 2.45) is 0 Å². The number of carbonyl (C=O) groups is 1. The number of pyridine rings is 1. The van der Waals surface area contributed by atoms with Crippen molar-refractivity contribution in [3.8, 4) is 11.3 Å². The Hall–Kier alpha value is -3.29. The lowest BCUT2D eigenvalue weighted by atomic mass is 10.1. The van der Waals surface area contributed by atoms with E-state index in [2.05, 4.69) is 27.3 Å². The van der Waals surface area contributed by atoms with Crippen LogP contribution in [0.2, 0.25) is 5.15 Å². The van der Waals surface area contributed by atoms with E-state index in [9.17, 15) is 4.79 Å². The van der Waals surface area contributed by atoms with Crippen LogP contribution in [0.4, 0.5) is 0 Å². The monoisotopic (exact) mass is 450 g/mol. The summed E-state index contributed by atoms with van der Waals surface area (Å²) < 4.78 is 1.66. The van der Waals surface area contributed by atoms with E-state index in [0.29, 0.717) is 29.0 Å². The Morgan fingerprint density at radius 2 is 2.16 bits per heavy atom. The summed E-state index contributed by atoms with van der Waals surface area (Å²) in [6.07, 6.45) is 11.1. The molecule has 166 valence electrons. The summed E-state index contributed by atoms with van der Waals surface area (Å²) >= 11 is 6.25. The minimum absolute atomic E-state index is 0.164. The number of amides is 1. The number of hydrogen-bond donors (Lipinski definition) is 2. The summed E-state index contributed by atoms with van der Waals surface area (Å²) in [5.74, 6) is -0.214. The van der Waals surface area contributed by atoms with Crippen LogP contribution in [0.1, 0.15) is 36.8 Å². The molecule has 0 aliphatic rings. The molecule has 3 rings (SSSR count). The molecule has 3 heterocycles. The molecule has 0 spiro atoms. The molecule has 1 atom stereocenters. The van der Waals surface area contributed by atoms with Gasteiger partial charge in [0.05, 0.1) is 23.1 Å². The summed E-state index contributed by atoms with van der Waals surface area (Å²) in [5.41, 5.74) is 3.88. The first kappa shape index (κ1) is 23.4. The van der Waals surface area contributed by atoms with Crippen molar-refractivity contribution in [3.63, 3.8) is 0 Å². The van der Waals surface area contributed by atoms with Crippen molar-refractivity contribution in [3.05, 3.63) is 77.9 Å². The molecule has 0 fully saturated rings. The van der Waals surface area contributed by atoms with Crippen molar-refractivity contribution < 1.29 is 4.79 Å². The van der Waals surface area contributed by atoms with Crippen LogP contribution in [-0.2, 0) is 0 Å². The fraction of sp³-hybridized carbons (Fsp3) is 0.250. The van der Waals surface area contributed by atoms with Crippen LogP contribution in [-0.4, -0.2) is 44.6 Å².